The first-order valence-electron chi connectivity index (χ1n) is 26.8. The van der Waals surface area contributed by atoms with Crippen molar-refractivity contribution < 1.29 is 31.2 Å². The van der Waals surface area contributed by atoms with Gasteiger partial charge in [0.05, 0.1) is 45.5 Å². The van der Waals surface area contributed by atoms with Gasteiger partial charge in [0.15, 0.2) is 11.5 Å². The van der Waals surface area contributed by atoms with Crippen molar-refractivity contribution in [3.05, 3.63) is 94.5 Å². The average molecular weight is 1110 g/mol. The standard InChI is InChI=1S/C61H90O7P2Si4/c1-26-62-48-29-27-28-39-38-63-69(64-53(39)48)65-54-44(30-40(58(2,3)4)34-49(54)71(14,15)16)45-31-41(59(5,6)7)35-50(72(17,18)19)55(45)66-70-67-56-46(32-42(60(8,9)10)36-51(56)73(20,21)22)47-33-43(61(11,12)13)37-52(57(47)68-70)74(23,24)25/h27-37H,26,38H2,1-25H3. The first-order valence-corrected chi connectivity index (χ1v) is 43.0. The summed E-state index contributed by atoms with van der Waals surface area (Å²) >= 11 is 0. The lowest BCUT2D eigenvalue weighted by molar-refractivity contribution is 0.225. The summed E-state index contributed by atoms with van der Waals surface area (Å²) in [6.07, 6.45) is 0. The van der Waals surface area contributed by atoms with Crippen molar-refractivity contribution in [2.75, 3.05) is 6.61 Å². The molecule has 74 heavy (non-hydrogen) atoms. The quantitative estimate of drug-likeness (QED) is 0.0945. The molecule has 0 fully saturated rings. The summed E-state index contributed by atoms with van der Waals surface area (Å²) < 4.78 is 49.8. The Bertz CT molecular complexity index is 3050. The van der Waals surface area contributed by atoms with Crippen LogP contribution in [-0.4, -0.2) is 38.9 Å². The number of fused-ring (bicyclic) bond motifs is 4. The fraction of sp³-hybridized carbons (Fsp3) is 0.508. The number of para-hydroxylation sites is 1. The highest BCUT2D eigenvalue weighted by Crippen LogP contribution is 2.54. The maximum Gasteiger partial charge on any atom is 0.463 e. The molecule has 2 heterocycles. The summed E-state index contributed by atoms with van der Waals surface area (Å²) in [5, 5.41) is 7.13. The van der Waals surface area contributed by atoms with Crippen molar-refractivity contribution >= 4 is 91.8 Å². The van der Waals surface area contributed by atoms with Crippen molar-refractivity contribution in [1.82, 2.24) is 0 Å². The monoisotopic (exact) mass is 1110 g/mol. The average Bonchev–Trinajstić information content (AvgIpc) is 3.39. The zero-order valence-electron chi connectivity index (χ0n) is 50.0. The van der Waals surface area contributed by atoms with E-state index in [0.29, 0.717) is 24.7 Å². The third-order valence-corrected chi connectivity index (χ3v) is 24.1. The fourth-order valence-electron chi connectivity index (χ4n) is 9.34. The summed E-state index contributed by atoms with van der Waals surface area (Å²) in [5.74, 6) is 2.93. The van der Waals surface area contributed by atoms with Crippen molar-refractivity contribution in [2.45, 2.75) is 197 Å². The Morgan fingerprint density at radius 3 is 1.24 bits per heavy atom. The van der Waals surface area contributed by atoms with Gasteiger partial charge in [-0.05, 0) is 102 Å². The molecule has 0 spiro atoms. The predicted molar refractivity (Wildman–Crippen MR) is 332 cm³/mol. The van der Waals surface area contributed by atoms with Crippen LogP contribution in [0, 0.1) is 0 Å². The van der Waals surface area contributed by atoms with Gasteiger partial charge in [0, 0.05) is 27.5 Å². The molecule has 0 bridgehead atoms. The summed E-state index contributed by atoms with van der Waals surface area (Å²) in [6, 6.07) is 25.1. The predicted octanol–water partition coefficient (Wildman–Crippen LogP) is 17.8. The number of ether oxygens (including phenoxy) is 1. The van der Waals surface area contributed by atoms with E-state index in [0.717, 1.165) is 50.1 Å². The molecule has 0 amide bonds. The molecule has 402 valence electrons. The van der Waals surface area contributed by atoms with Gasteiger partial charge in [-0.25, -0.2) is 0 Å². The Kier molecular flexibility index (Phi) is 15.7. The molecular weight excluding hydrogens is 1020 g/mol. The van der Waals surface area contributed by atoms with Crippen molar-refractivity contribution in [2.24, 2.45) is 0 Å². The minimum absolute atomic E-state index is 0.0999. The SMILES string of the molecule is CCOc1cccc2c1OP(Oc1c(-c3cc(C(C)(C)C)cc([Si](C)(C)C)c3Op3oc4c([Si](C)(C)C)cc(C(C)(C)C)cc4c4cc(C(C)(C)C)cc([Si](C)(C)C)c4o3)cc(C(C)(C)C)cc1[Si](C)(C)C)OC2. The van der Waals surface area contributed by atoms with Crippen LogP contribution in [-0.2, 0) is 32.8 Å². The van der Waals surface area contributed by atoms with Crippen LogP contribution in [0.25, 0.3) is 33.1 Å². The first-order chi connectivity index (χ1) is 33.7. The molecule has 1 aliphatic rings. The molecule has 5 aromatic carbocycles. The Morgan fingerprint density at radius 2 is 0.865 bits per heavy atom. The van der Waals surface area contributed by atoms with E-state index in [1.54, 1.807) is 0 Å². The van der Waals surface area contributed by atoms with Gasteiger partial charge < -0.3 is 26.7 Å². The molecule has 7 nitrogen and oxygen atoms in total. The smallest absolute Gasteiger partial charge is 0.463 e. The summed E-state index contributed by atoms with van der Waals surface area (Å²) in [5.41, 5.74) is 9.07. The lowest BCUT2D eigenvalue weighted by Crippen LogP contribution is -2.40. The molecule has 1 aliphatic heterocycles. The number of benzene rings is 5. The highest BCUT2D eigenvalue weighted by Gasteiger charge is 2.38. The molecule has 7 rings (SSSR count). The minimum Gasteiger partial charge on any atom is -0.490 e. The molecule has 1 unspecified atom stereocenters. The van der Waals surface area contributed by atoms with E-state index < -0.39 is 49.1 Å². The number of rotatable bonds is 11. The largest absolute Gasteiger partial charge is 0.490 e. The summed E-state index contributed by atoms with van der Waals surface area (Å²) in [7, 11) is -12.6. The highest BCUT2D eigenvalue weighted by atomic mass is 31.2. The van der Waals surface area contributed by atoms with E-state index >= 15 is 0 Å². The Hall–Kier alpha value is -3.54. The normalized spacial score (nSPS) is 15.3. The maximum atomic E-state index is 7.84. The third-order valence-electron chi connectivity index (χ3n) is 14.1. The fourth-order valence-corrected chi connectivity index (χ4v) is 17.7. The summed E-state index contributed by atoms with van der Waals surface area (Å²) in [4.78, 5) is 0. The van der Waals surface area contributed by atoms with E-state index in [1.807, 2.05) is 25.1 Å². The lowest BCUT2D eigenvalue weighted by atomic mass is 9.83. The zero-order valence-corrected chi connectivity index (χ0v) is 55.8. The molecule has 0 saturated heterocycles. The highest BCUT2D eigenvalue weighted by molar-refractivity contribution is 7.42. The van der Waals surface area contributed by atoms with Gasteiger partial charge in [-0.3, -0.25) is 4.52 Å². The molecule has 0 radical (unpaired) electrons. The van der Waals surface area contributed by atoms with Gasteiger partial charge in [0.2, 0.25) is 0 Å². The first kappa shape index (κ1) is 58.1. The van der Waals surface area contributed by atoms with Crippen LogP contribution in [0.3, 0.4) is 0 Å². The van der Waals surface area contributed by atoms with Gasteiger partial charge in [-0.15, -0.1) is 0 Å². The van der Waals surface area contributed by atoms with Crippen LogP contribution >= 0.6 is 16.8 Å². The molecule has 1 atom stereocenters. The molecular formula is C61H90O7P2Si4. The molecule has 0 saturated carbocycles. The van der Waals surface area contributed by atoms with Gasteiger partial charge in [-0.1, -0.05) is 198 Å². The van der Waals surface area contributed by atoms with Crippen LogP contribution in [0.4, 0.5) is 0 Å². The second-order valence-electron chi connectivity index (χ2n) is 29.0. The van der Waals surface area contributed by atoms with Crippen molar-refractivity contribution in [1.29, 1.82) is 0 Å². The van der Waals surface area contributed by atoms with Crippen LogP contribution < -0.4 is 39.1 Å². The Labute approximate surface area is 452 Å². The van der Waals surface area contributed by atoms with Gasteiger partial charge in [0.25, 0.3) is 0 Å². The second-order valence-corrected chi connectivity index (χ2v) is 51.2. The van der Waals surface area contributed by atoms with E-state index in [2.05, 4.69) is 210 Å². The van der Waals surface area contributed by atoms with Crippen LogP contribution in [0.2, 0.25) is 78.6 Å². The number of hydrogen-bond donors (Lipinski definition) is 0. The van der Waals surface area contributed by atoms with Gasteiger partial charge >= 0.3 is 16.8 Å². The van der Waals surface area contributed by atoms with Crippen LogP contribution in [0.15, 0.2) is 75.1 Å². The lowest BCUT2D eigenvalue weighted by Gasteiger charge is -2.32. The molecule has 0 N–H and O–H groups in total. The van der Waals surface area contributed by atoms with E-state index in [4.69, 9.17) is 31.2 Å². The van der Waals surface area contributed by atoms with E-state index in [9.17, 15) is 0 Å². The maximum absolute atomic E-state index is 7.84. The Balaban J connectivity index is 1.67. The third kappa shape index (κ3) is 12.4. The van der Waals surface area contributed by atoms with Crippen molar-refractivity contribution in [3.8, 4) is 34.1 Å². The topological polar surface area (TPSA) is 72.4 Å². The van der Waals surface area contributed by atoms with E-state index in [1.165, 1.54) is 43.0 Å². The molecule has 13 heteroatoms. The molecule has 1 aromatic heterocycles. The summed E-state index contributed by atoms with van der Waals surface area (Å²) in [6.45, 7) is 59.6. The van der Waals surface area contributed by atoms with Crippen LogP contribution in [0.5, 0.6) is 23.0 Å². The van der Waals surface area contributed by atoms with E-state index in [-0.39, 0.29) is 21.7 Å². The van der Waals surface area contributed by atoms with Gasteiger partial charge in [0.1, 0.15) is 22.7 Å². The molecule has 6 aromatic rings. The second kappa shape index (κ2) is 20.0. The minimum atomic E-state index is -2.25. The van der Waals surface area contributed by atoms with Crippen molar-refractivity contribution in [3.63, 3.8) is 0 Å². The van der Waals surface area contributed by atoms with Crippen LogP contribution in [0.1, 0.15) is 118 Å². The number of hydrogen-bond acceptors (Lipinski definition) is 7. The molecule has 0 aliphatic carbocycles. The van der Waals surface area contributed by atoms with Gasteiger partial charge in [-0.2, -0.15) is 0 Å². The Morgan fingerprint density at radius 1 is 0.486 bits per heavy atom. The zero-order chi connectivity index (χ0) is 55.3.